The summed E-state index contributed by atoms with van der Waals surface area (Å²) in [4.78, 5) is 11.0. The van der Waals surface area contributed by atoms with Crippen LogP contribution in [0.15, 0.2) is 30.3 Å². The third-order valence-corrected chi connectivity index (χ3v) is 4.05. The number of aromatic nitrogens is 2. The summed E-state index contributed by atoms with van der Waals surface area (Å²) < 4.78 is 0. The number of nitrogens with one attached hydrogen (secondary N) is 1. The van der Waals surface area contributed by atoms with Crippen molar-refractivity contribution in [3.05, 3.63) is 41.6 Å². The van der Waals surface area contributed by atoms with E-state index in [9.17, 15) is 4.79 Å². The smallest absolute Gasteiger partial charge is 0.335 e. The molecule has 0 spiro atoms. The van der Waals surface area contributed by atoms with Gasteiger partial charge in [-0.1, -0.05) is 31.4 Å². The molecular formula is C16H18N2O2. The molecule has 0 radical (unpaired) electrons. The van der Waals surface area contributed by atoms with Gasteiger partial charge in [0.05, 0.1) is 11.3 Å². The fourth-order valence-corrected chi connectivity index (χ4v) is 2.92. The predicted molar refractivity (Wildman–Crippen MR) is 76.8 cm³/mol. The van der Waals surface area contributed by atoms with Crippen molar-refractivity contribution in [3.63, 3.8) is 0 Å². The van der Waals surface area contributed by atoms with E-state index < -0.39 is 5.97 Å². The number of hydrogen-bond acceptors (Lipinski definition) is 2. The molecule has 1 aliphatic carbocycles. The molecule has 20 heavy (non-hydrogen) atoms. The third-order valence-electron chi connectivity index (χ3n) is 4.05. The molecule has 0 saturated heterocycles. The van der Waals surface area contributed by atoms with Crippen molar-refractivity contribution in [1.29, 1.82) is 0 Å². The maximum atomic E-state index is 11.0. The lowest BCUT2D eigenvalue weighted by Crippen LogP contribution is -2.04. The molecule has 2 N–H and O–H groups in total. The summed E-state index contributed by atoms with van der Waals surface area (Å²) >= 11 is 0. The zero-order chi connectivity index (χ0) is 13.9. The standard InChI is InChI=1S/C16H18N2O2/c19-16(20)13-8-4-7-12(9-13)15-10-14(17-18-15)11-5-2-1-3-6-11/h4,7-11H,1-3,5-6H2,(H,17,18)(H,19,20). The van der Waals surface area contributed by atoms with Crippen LogP contribution in [0, 0.1) is 0 Å². The number of carboxylic acid groups (broad SMARTS) is 1. The van der Waals surface area contributed by atoms with Crippen LogP contribution in [0.1, 0.15) is 54.1 Å². The summed E-state index contributed by atoms with van der Waals surface area (Å²) in [5, 5.41) is 16.5. The highest BCUT2D eigenvalue weighted by Gasteiger charge is 2.18. The number of rotatable bonds is 3. The second-order valence-electron chi connectivity index (χ2n) is 5.43. The Morgan fingerprint density at radius 2 is 2.00 bits per heavy atom. The molecule has 1 aromatic carbocycles. The highest BCUT2D eigenvalue weighted by molar-refractivity contribution is 5.89. The van der Waals surface area contributed by atoms with Crippen LogP contribution in [0.5, 0.6) is 0 Å². The Morgan fingerprint density at radius 3 is 2.75 bits per heavy atom. The van der Waals surface area contributed by atoms with Gasteiger partial charge in [-0.25, -0.2) is 4.79 Å². The molecule has 3 rings (SSSR count). The Balaban J connectivity index is 1.85. The predicted octanol–water partition coefficient (Wildman–Crippen LogP) is 3.82. The Morgan fingerprint density at radius 1 is 1.20 bits per heavy atom. The van der Waals surface area contributed by atoms with Crippen LogP contribution in [0.2, 0.25) is 0 Å². The summed E-state index contributed by atoms with van der Waals surface area (Å²) in [7, 11) is 0. The van der Waals surface area contributed by atoms with E-state index in [0.717, 1.165) is 11.3 Å². The molecule has 1 heterocycles. The summed E-state index contributed by atoms with van der Waals surface area (Å²) in [5.74, 6) is -0.331. The quantitative estimate of drug-likeness (QED) is 0.891. The van der Waals surface area contributed by atoms with E-state index in [1.807, 2.05) is 6.07 Å². The molecule has 4 nitrogen and oxygen atoms in total. The van der Waals surface area contributed by atoms with Crippen LogP contribution in [0.3, 0.4) is 0 Å². The van der Waals surface area contributed by atoms with Gasteiger partial charge in [0.2, 0.25) is 0 Å². The summed E-state index contributed by atoms with van der Waals surface area (Å²) in [6.07, 6.45) is 6.34. The van der Waals surface area contributed by atoms with E-state index in [0.29, 0.717) is 11.5 Å². The summed E-state index contributed by atoms with van der Waals surface area (Å²) in [6.45, 7) is 0. The number of carbonyl (C=O) groups is 1. The maximum Gasteiger partial charge on any atom is 0.335 e. The van der Waals surface area contributed by atoms with E-state index in [1.165, 1.54) is 37.8 Å². The molecule has 0 aliphatic heterocycles. The number of hydrogen-bond donors (Lipinski definition) is 2. The molecule has 0 atom stereocenters. The number of H-pyrrole nitrogens is 1. The van der Waals surface area contributed by atoms with Gasteiger partial charge in [0.1, 0.15) is 0 Å². The van der Waals surface area contributed by atoms with Gasteiger partial charge in [-0.05, 0) is 31.0 Å². The molecule has 4 heteroatoms. The Hall–Kier alpha value is -2.10. The van der Waals surface area contributed by atoms with Crippen molar-refractivity contribution in [1.82, 2.24) is 10.2 Å². The lowest BCUT2D eigenvalue weighted by atomic mass is 9.87. The molecule has 0 unspecified atom stereocenters. The number of aromatic carboxylic acids is 1. The van der Waals surface area contributed by atoms with Gasteiger partial charge in [-0.2, -0.15) is 5.10 Å². The lowest BCUT2D eigenvalue weighted by molar-refractivity contribution is 0.0697. The minimum atomic E-state index is -0.908. The summed E-state index contributed by atoms with van der Waals surface area (Å²) in [6, 6.07) is 8.99. The number of benzene rings is 1. The first-order valence-electron chi connectivity index (χ1n) is 7.13. The molecule has 1 aliphatic rings. The fraction of sp³-hybridized carbons (Fsp3) is 0.375. The minimum Gasteiger partial charge on any atom is -0.478 e. The first kappa shape index (κ1) is 12.9. The molecule has 0 bridgehead atoms. The van der Waals surface area contributed by atoms with Gasteiger partial charge in [0, 0.05) is 17.2 Å². The van der Waals surface area contributed by atoms with Crippen molar-refractivity contribution < 1.29 is 9.90 Å². The van der Waals surface area contributed by atoms with Crippen LogP contribution in [-0.4, -0.2) is 21.3 Å². The largest absolute Gasteiger partial charge is 0.478 e. The van der Waals surface area contributed by atoms with Crippen LogP contribution >= 0.6 is 0 Å². The van der Waals surface area contributed by atoms with Crippen molar-refractivity contribution in [2.24, 2.45) is 0 Å². The molecular weight excluding hydrogens is 252 g/mol. The van der Waals surface area contributed by atoms with Gasteiger partial charge in [-0.15, -0.1) is 0 Å². The Labute approximate surface area is 117 Å². The lowest BCUT2D eigenvalue weighted by Gasteiger charge is -2.19. The topological polar surface area (TPSA) is 66.0 Å². The van der Waals surface area contributed by atoms with Gasteiger partial charge < -0.3 is 5.11 Å². The fourth-order valence-electron chi connectivity index (χ4n) is 2.92. The van der Waals surface area contributed by atoms with Crippen LogP contribution < -0.4 is 0 Å². The molecule has 2 aromatic rings. The monoisotopic (exact) mass is 270 g/mol. The van der Waals surface area contributed by atoms with Crippen molar-refractivity contribution in [2.45, 2.75) is 38.0 Å². The van der Waals surface area contributed by atoms with Crippen LogP contribution in [-0.2, 0) is 0 Å². The van der Waals surface area contributed by atoms with E-state index in [4.69, 9.17) is 5.11 Å². The maximum absolute atomic E-state index is 11.0. The summed E-state index contributed by atoms with van der Waals surface area (Å²) in [5.41, 5.74) is 3.15. The van der Waals surface area contributed by atoms with Crippen molar-refractivity contribution >= 4 is 5.97 Å². The highest BCUT2D eigenvalue weighted by atomic mass is 16.4. The molecule has 0 amide bonds. The Kier molecular flexibility index (Phi) is 3.54. The van der Waals surface area contributed by atoms with Gasteiger partial charge in [0.15, 0.2) is 0 Å². The zero-order valence-corrected chi connectivity index (χ0v) is 11.3. The molecule has 1 saturated carbocycles. The Bertz CT molecular complexity index is 612. The first-order chi connectivity index (χ1) is 9.74. The molecule has 1 fully saturated rings. The van der Waals surface area contributed by atoms with Crippen LogP contribution in [0.25, 0.3) is 11.3 Å². The molecule has 104 valence electrons. The normalized spacial score (nSPS) is 16.2. The van der Waals surface area contributed by atoms with Crippen molar-refractivity contribution in [2.75, 3.05) is 0 Å². The average Bonchev–Trinajstić information content (AvgIpc) is 2.98. The molecule has 1 aromatic heterocycles. The second-order valence-corrected chi connectivity index (χ2v) is 5.43. The first-order valence-corrected chi connectivity index (χ1v) is 7.13. The minimum absolute atomic E-state index is 0.296. The van der Waals surface area contributed by atoms with Gasteiger partial charge >= 0.3 is 5.97 Å². The SMILES string of the molecule is O=C(O)c1cccc(-c2cc(C3CCCCC3)[nH]n2)c1. The van der Waals surface area contributed by atoms with Gasteiger partial charge in [-0.3, -0.25) is 5.10 Å². The highest BCUT2D eigenvalue weighted by Crippen LogP contribution is 2.33. The van der Waals surface area contributed by atoms with Crippen molar-refractivity contribution in [3.8, 4) is 11.3 Å². The third kappa shape index (κ3) is 2.59. The zero-order valence-electron chi connectivity index (χ0n) is 11.3. The van der Waals surface area contributed by atoms with E-state index in [1.54, 1.807) is 18.2 Å². The average molecular weight is 270 g/mol. The second kappa shape index (κ2) is 5.49. The number of nitrogens with zero attached hydrogens (tertiary/aromatic N) is 1. The van der Waals surface area contributed by atoms with Gasteiger partial charge in [0.25, 0.3) is 0 Å². The van der Waals surface area contributed by atoms with Crippen LogP contribution in [0.4, 0.5) is 0 Å². The van der Waals surface area contributed by atoms with E-state index in [2.05, 4.69) is 16.3 Å². The van der Waals surface area contributed by atoms with E-state index >= 15 is 0 Å². The number of carboxylic acids is 1. The van der Waals surface area contributed by atoms with E-state index in [-0.39, 0.29) is 0 Å². The number of aromatic amines is 1.